The lowest BCUT2D eigenvalue weighted by Crippen LogP contribution is -2.37. The summed E-state index contributed by atoms with van der Waals surface area (Å²) in [6.45, 7) is 0.805. The molecule has 0 aliphatic rings. The largest absolute Gasteiger partial charge is 0.334 e. The zero-order valence-electron chi connectivity index (χ0n) is 17.0. The number of urea groups is 1. The molecule has 0 fully saturated rings. The molecule has 0 aliphatic carbocycles. The van der Waals surface area contributed by atoms with Crippen LogP contribution in [0.5, 0.6) is 0 Å². The highest BCUT2D eigenvalue weighted by Gasteiger charge is 2.09. The van der Waals surface area contributed by atoms with E-state index in [0.717, 1.165) is 42.6 Å². The first-order valence-electron chi connectivity index (χ1n) is 10.1. The minimum absolute atomic E-state index is 0.173. The molecule has 0 radical (unpaired) electrons. The Morgan fingerprint density at radius 3 is 2.60 bits per heavy atom. The molecule has 0 saturated heterocycles. The van der Waals surface area contributed by atoms with Crippen LogP contribution in [0.1, 0.15) is 30.5 Å². The molecule has 2 aromatic carbocycles. The van der Waals surface area contributed by atoms with Crippen LogP contribution in [0.15, 0.2) is 54.6 Å². The molecule has 0 spiro atoms. The van der Waals surface area contributed by atoms with E-state index < -0.39 is 0 Å². The van der Waals surface area contributed by atoms with E-state index in [0.29, 0.717) is 12.1 Å². The number of carbonyl (C=O) groups excluding carboxylic acids is 1. The molecule has 0 atom stereocenters. The van der Waals surface area contributed by atoms with Gasteiger partial charge in [0.2, 0.25) is 0 Å². The standard InChI is InChI=1S/C23H26F2N4O/c1-29(23(30)26-16-18-7-4-5-9-21(18)25)14-6-2-3-8-20-15-22(28-27-20)17-10-12-19(24)13-11-17/h4-5,7,9-13,15H,2-3,6,8,14,16H2,1H3,(H,26,30)(H,27,28). The summed E-state index contributed by atoms with van der Waals surface area (Å²) in [5.41, 5.74) is 3.18. The van der Waals surface area contributed by atoms with E-state index >= 15 is 0 Å². The number of benzene rings is 2. The van der Waals surface area contributed by atoms with Gasteiger partial charge in [-0.15, -0.1) is 0 Å². The maximum absolute atomic E-state index is 13.6. The minimum atomic E-state index is -0.318. The fourth-order valence-electron chi connectivity index (χ4n) is 3.15. The molecule has 0 saturated carbocycles. The summed E-state index contributed by atoms with van der Waals surface area (Å²) in [6, 6.07) is 14.5. The number of aromatic nitrogens is 2. The van der Waals surface area contributed by atoms with Gasteiger partial charge in [0.05, 0.1) is 5.69 Å². The Balaban J connectivity index is 1.33. The first kappa shape index (κ1) is 21.5. The van der Waals surface area contributed by atoms with E-state index in [-0.39, 0.29) is 24.2 Å². The van der Waals surface area contributed by atoms with Gasteiger partial charge in [0, 0.05) is 37.0 Å². The Labute approximate surface area is 175 Å². The van der Waals surface area contributed by atoms with Crippen LogP contribution in [-0.4, -0.2) is 34.7 Å². The number of hydrogen-bond acceptors (Lipinski definition) is 2. The second-order valence-electron chi connectivity index (χ2n) is 7.27. The molecule has 0 bridgehead atoms. The molecule has 3 aromatic rings. The maximum atomic E-state index is 13.6. The number of rotatable bonds is 9. The van der Waals surface area contributed by atoms with Crippen molar-refractivity contribution in [2.45, 2.75) is 32.2 Å². The highest BCUT2D eigenvalue weighted by atomic mass is 19.1. The number of halogens is 2. The number of carbonyl (C=O) groups is 1. The van der Waals surface area contributed by atoms with Crippen molar-refractivity contribution < 1.29 is 13.6 Å². The zero-order valence-corrected chi connectivity index (χ0v) is 17.0. The molecule has 2 amide bonds. The van der Waals surface area contributed by atoms with E-state index in [2.05, 4.69) is 15.5 Å². The molecule has 0 aliphatic heterocycles. The van der Waals surface area contributed by atoms with Gasteiger partial charge in [0.1, 0.15) is 11.6 Å². The van der Waals surface area contributed by atoms with Crippen LogP contribution in [0.4, 0.5) is 13.6 Å². The van der Waals surface area contributed by atoms with E-state index in [4.69, 9.17) is 0 Å². The second-order valence-corrected chi connectivity index (χ2v) is 7.27. The number of aryl methyl sites for hydroxylation is 1. The van der Waals surface area contributed by atoms with Crippen molar-refractivity contribution in [3.63, 3.8) is 0 Å². The summed E-state index contributed by atoms with van der Waals surface area (Å²) in [7, 11) is 1.74. The average Bonchev–Trinajstić information content (AvgIpc) is 3.22. The van der Waals surface area contributed by atoms with Gasteiger partial charge in [0.25, 0.3) is 0 Å². The third kappa shape index (κ3) is 6.14. The highest BCUT2D eigenvalue weighted by Crippen LogP contribution is 2.19. The lowest BCUT2D eigenvalue weighted by molar-refractivity contribution is 0.207. The number of H-pyrrole nitrogens is 1. The topological polar surface area (TPSA) is 61.0 Å². The molecule has 30 heavy (non-hydrogen) atoms. The van der Waals surface area contributed by atoms with Crippen LogP contribution >= 0.6 is 0 Å². The van der Waals surface area contributed by atoms with Gasteiger partial charge in [-0.05, 0) is 55.7 Å². The fraction of sp³-hybridized carbons (Fsp3) is 0.304. The van der Waals surface area contributed by atoms with Gasteiger partial charge >= 0.3 is 6.03 Å². The smallest absolute Gasteiger partial charge is 0.317 e. The van der Waals surface area contributed by atoms with Crippen LogP contribution in [0, 0.1) is 11.6 Å². The number of nitrogens with one attached hydrogen (secondary N) is 2. The first-order chi connectivity index (χ1) is 14.5. The SMILES string of the molecule is CN(CCCCCc1cc(-c2ccc(F)cc2)n[nH]1)C(=O)NCc1ccccc1F. The molecule has 3 rings (SSSR count). The van der Waals surface area contributed by atoms with Crippen molar-refractivity contribution in [1.29, 1.82) is 0 Å². The highest BCUT2D eigenvalue weighted by molar-refractivity contribution is 5.73. The fourth-order valence-corrected chi connectivity index (χ4v) is 3.15. The molecular weight excluding hydrogens is 386 g/mol. The van der Waals surface area contributed by atoms with E-state index in [9.17, 15) is 13.6 Å². The number of nitrogens with zero attached hydrogens (tertiary/aromatic N) is 2. The summed E-state index contributed by atoms with van der Waals surface area (Å²) in [5, 5.41) is 10.0. The van der Waals surface area contributed by atoms with Gasteiger partial charge in [0.15, 0.2) is 0 Å². The van der Waals surface area contributed by atoms with Gasteiger partial charge in [-0.2, -0.15) is 5.10 Å². The molecule has 5 nitrogen and oxygen atoms in total. The van der Waals surface area contributed by atoms with E-state index in [1.807, 2.05) is 6.07 Å². The number of amides is 2. The molecule has 1 aromatic heterocycles. The van der Waals surface area contributed by atoms with Crippen LogP contribution in [0.3, 0.4) is 0 Å². The van der Waals surface area contributed by atoms with Crippen molar-refractivity contribution in [2.75, 3.05) is 13.6 Å². The molecular formula is C23H26F2N4O. The first-order valence-corrected chi connectivity index (χ1v) is 10.1. The Kier molecular flexibility index (Phi) is 7.54. The number of aromatic amines is 1. The predicted molar refractivity (Wildman–Crippen MR) is 113 cm³/mol. The zero-order chi connectivity index (χ0) is 21.3. The average molecular weight is 412 g/mol. The van der Waals surface area contributed by atoms with Crippen molar-refractivity contribution >= 4 is 6.03 Å². The summed E-state index contributed by atoms with van der Waals surface area (Å²) in [6.07, 6.45) is 3.67. The maximum Gasteiger partial charge on any atom is 0.317 e. The summed E-state index contributed by atoms with van der Waals surface area (Å²) < 4.78 is 26.6. The third-order valence-electron chi connectivity index (χ3n) is 4.95. The Hall–Kier alpha value is -3.22. The van der Waals surface area contributed by atoms with Crippen LogP contribution in [-0.2, 0) is 13.0 Å². The van der Waals surface area contributed by atoms with Crippen molar-refractivity contribution in [2.24, 2.45) is 0 Å². The molecule has 0 unspecified atom stereocenters. The van der Waals surface area contributed by atoms with Crippen LogP contribution in [0.2, 0.25) is 0 Å². The van der Waals surface area contributed by atoms with Gasteiger partial charge in [-0.3, -0.25) is 5.10 Å². The molecule has 158 valence electrons. The van der Waals surface area contributed by atoms with Crippen molar-refractivity contribution in [3.05, 3.63) is 77.5 Å². The van der Waals surface area contributed by atoms with Crippen molar-refractivity contribution in [3.8, 4) is 11.3 Å². The monoisotopic (exact) mass is 412 g/mol. The van der Waals surface area contributed by atoms with Gasteiger partial charge < -0.3 is 10.2 Å². The second kappa shape index (κ2) is 10.5. The Morgan fingerprint density at radius 1 is 1.07 bits per heavy atom. The predicted octanol–water partition coefficient (Wildman–Crippen LogP) is 4.91. The summed E-state index contributed by atoms with van der Waals surface area (Å²) >= 11 is 0. The molecule has 2 N–H and O–H groups in total. The quantitative estimate of drug-likeness (QED) is 0.491. The lowest BCUT2D eigenvalue weighted by Gasteiger charge is -2.18. The van der Waals surface area contributed by atoms with E-state index in [1.54, 1.807) is 42.3 Å². The number of unbranched alkanes of at least 4 members (excludes halogenated alkanes) is 2. The van der Waals surface area contributed by atoms with E-state index in [1.165, 1.54) is 18.2 Å². The summed E-state index contributed by atoms with van der Waals surface area (Å²) in [4.78, 5) is 13.7. The van der Waals surface area contributed by atoms with Gasteiger partial charge in [-0.1, -0.05) is 24.6 Å². The van der Waals surface area contributed by atoms with Crippen molar-refractivity contribution in [1.82, 2.24) is 20.4 Å². The number of hydrogen-bond donors (Lipinski definition) is 2. The van der Waals surface area contributed by atoms with Crippen LogP contribution in [0.25, 0.3) is 11.3 Å². The Bertz CT molecular complexity index is 956. The van der Waals surface area contributed by atoms with Crippen LogP contribution < -0.4 is 5.32 Å². The lowest BCUT2D eigenvalue weighted by atomic mass is 10.1. The summed E-state index contributed by atoms with van der Waals surface area (Å²) in [5.74, 6) is -0.581. The minimum Gasteiger partial charge on any atom is -0.334 e. The Morgan fingerprint density at radius 2 is 1.83 bits per heavy atom. The molecule has 7 heteroatoms. The third-order valence-corrected chi connectivity index (χ3v) is 4.95. The van der Waals surface area contributed by atoms with Gasteiger partial charge in [-0.25, -0.2) is 13.6 Å². The normalized spacial score (nSPS) is 10.8. The molecule has 1 heterocycles.